The highest BCUT2D eigenvalue weighted by Gasteiger charge is 2.29. The van der Waals surface area contributed by atoms with E-state index in [-0.39, 0.29) is 11.7 Å². The lowest BCUT2D eigenvalue weighted by Gasteiger charge is -2.18. The molecule has 0 amide bonds. The molecule has 0 aromatic heterocycles. The van der Waals surface area contributed by atoms with Crippen molar-refractivity contribution in [2.75, 3.05) is 6.54 Å². The average Bonchev–Trinajstić information content (AvgIpc) is 2.94. The molecule has 0 heterocycles. The lowest BCUT2D eigenvalue weighted by Crippen LogP contribution is -2.29. The van der Waals surface area contributed by atoms with Crippen LogP contribution in [0.3, 0.4) is 0 Å². The molecule has 0 bridgehead atoms. The highest BCUT2D eigenvalue weighted by atomic mass is 19.1. The lowest BCUT2D eigenvalue weighted by atomic mass is 9.93. The summed E-state index contributed by atoms with van der Waals surface area (Å²) >= 11 is 0. The molecule has 3 nitrogen and oxygen atoms in total. The van der Waals surface area contributed by atoms with Gasteiger partial charge in [-0.3, -0.25) is 4.79 Å². The second kappa shape index (κ2) is 7.55. The van der Waals surface area contributed by atoms with Gasteiger partial charge in [0.05, 0.1) is 5.92 Å². The third kappa shape index (κ3) is 4.53. The highest BCUT2D eigenvalue weighted by molar-refractivity contribution is 5.70. The summed E-state index contributed by atoms with van der Waals surface area (Å²) in [6.07, 6.45) is 4.49. The van der Waals surface area contributed by atoms with Gasteiger partial charge in [-0.05, 0) is 62.3 Å². The molecule has 1 aromatic carbocycles. The molecule has 1 aromatic rings. The van der Waals surface area contributed by atoms with Crippen molar-refractivity contribution in [3.63, 3.8) is 0 Å². The van der Waals surface area contributed by atoms with Crippen molar-refractivity contribution in [2.45, 2.75) is 51.0 Å². The summed E-state index contributed by atoms with van der Waals surface area (Å²) in [5.41, 5.74) is 1.18. The standard InChI is InChI=1S/C17H24FNO2/c1-2-12(13-3-6-15(18)7-4-13)9-10-19-16-8-5-14(11-16)17(20)21/h3-4,6-7,12,14,16,19H,2,5,8-11H2,1H3,(H,20,21)/t12?,14-,16?/m0/s1. The van der Waals surface area contributed by atoms with Gasteiger partial charge in [0.25, 0.3) is 0 Å². The van der Waals surface area contributed by atoms with Gasteiger partial charge in [0, 0.05) is 6.04 Å². The first kappa shape index (κ1) is 16.0. The Morgan fingerprint density at radius 1 is 1.38 bits per heavy atom. The maximum Gasteiger partial charge on any atom is 0.306 e. The van der Waals surface area contributed by atoms with Crippen LogP contribution < -0.4 is 5.32 Å². The molecule has 2 unspecified atom stereocenters. The minimum atomic E-state index is -0.669. The van der Waals surface area contributed by atoms with Gasteiger partial charge in [0.1, 0.15) is 5.82 Å². The molecule has 1 aliphatic rings. The van der Waals surface area contributed by atoms with Crippen LogP contribution in [0.15, 0.2) is 24.3 Å². The van der Waals surface area contributed by atoms with E-state index < -0.39 is 5.97 Å². The minimum Gasteiger partial charge on any atom is -0.481 e. The molecule has 3 atom stereocenters. The quantitative estimate of drug-likeness (QED) is 0.808. The summed E-state index contributed by atoms with van der Waals surface area (Å²) < 4.78 is 13.0. The van der Waals surface area contributed by atoms with Crippen molar-refractivity contribution >= 4 is 5.97 Å². The Hall–Kier alpha value is -1.42. The summed E-state index contributed by atoms with van der Waals surface area (Å²) in [5.74, 6) is -0.620. The number of carboxylic acid groups (broad SMARTS) is 1. The number of rotatable bonds is 7. The first-order valence-electron chi connectivity index (χ1n) is 7.81. The van der Waals surface area contributed by atoms with Crippen molar-refractivity contribution in [2.24, 2.45) is 5.92 Å². The lowest BCUT2D eigenvalue weighted by molar-refractivity contribution is -0.141. The van der Waals surface area contributed by atoms with Crippen molar-refractivity contribution in [1.82, 2.24) is 5.32 Å². The van der Waals surface area contributed by atoms with Crippen LogP contribution >= 0.6 is 0 Å². The molecular formula is C17H24FNO2. The zero-order valence-corrected chi connectivity index (χ0v) is 12.5. The second-order valence-corrected chi connectivity index (χ2v) is 5.94. The number of benzene rings is 1. The van der Waals surface area contributed by atoms with Gasteiger partial charge in [-0.25, -0.2) is 4.39 Å². The molecule has 2 N–H and O–H groups in total. The van der Waals surface area contributed by atoms with E-state index in [0.717, 1.165) is 38.6 Å². The van der Waals surface area contributed by atoms with Crippen molar-refractivity contribution in [3.05, 3.63) is 35.6 Å². The maximum atomic E-state index is 13.0. The van der Waals surface area contributed by atoms with Crippen LogP contribution in [0.4, 0.5) is 4.39 Å². The number of carbonyl (C=O) groups is 1. The molecule has 21 heavy (non-hydrogen) atoms. The van der Waals surface area contributed by atoms with Crippen LogP contribution in [-0.2, 0) is 4.79 Å². The number of halogens is 1. The average molecular weight is 293 g/mol. The fraction of sp³-hybridized carbons (Fsp3) is 0.588. The van der Waals surface area contributed by atoms with Crippen LogP contribution in [0.5, 0.6) is 0 Å². The van der Waals surface area contributed by atoms with E-state index in [1.165, 1.54) is 17.7 Å². The predicted octanol–water partition coefficient (Wildman–Crippen LogP) is 3.55. The Balaban J connectivity index is 1.76. The predicted molar refractivity (Wildman–Crippen MR) is 80.8 cm³/mol. The van der Waals surface area contributed by atoms with Crippen LogP contribution in [0, 0.1) is 11.7 Å². The SMILES string of the molecule is CCC(CCNC1CC[C@H](C(=O)O)C1)c1ccc(F)cc1. The zero-order chi connectivity index (χ0) is 15.2. The summed E-state index contributed by atoms with van der Waals surface area (Å²) in [7, 11) is 0. The molecule has 2 rings (SSSR count). The number of carboxylic acids is 1. The Morgan fingerprint density at radius 2 is 2.10 bits per heavy atom. The van der Waals surface area contributed by atoms with E-state index in [1.807, 2.05) is 12.1 Å². The van der Waals surface area contributed by atoms with Gasteiger partial charge < -0.3 is 10.4 Å². The van der Waals surface area contributed by atoms with E-state index >= 15 is 0 Å². The van der Waals surface area contributed by atoms with Crippen molar-refractivity contribution < 1.29 is 14.3 Å². The van der Waals surface area contributed by atoms with E-state index in [9.17, 15) is 9.18 Å². The summed E-state index contributed by atoms with van der Waals surface area (Å²) in [4.78, 5) is 10.9. The number of nitrogens with one attached hydrogen (secondary N) is 1. The fourth-order valence-corrected chi connectivity index (χ4v) is 3.19. The molecule has 0 saturated heterocycles. The molecule has 0 aliphatic heterocycles. The zero-order valence-electron chi connectivity index (χ0n) is 12.5. The largest absolute Gasteiger partial charge is 0.481 e. The Bertz CT molecular complexity index is 460. The molecule has 0 spiro atoms. The smallest absolute Gasteiger partial charge is 0.306 e. The topological polar surface area (TPSA) is 49.3 Å². The molecule has 0 radical (unpaired) electrons. The summed E-state index contributed by atoms with van der Waals surface area (Å²) in [6.45, 7) is 3.02. The first-order valence-corrected chi connectivity index (χ1v) is 7.81. The van der Waals surface area contributed by atoms with Gasteiger partial charge in [-0.2, -0.15) is 0 Å². The monoisotopic (exact) mass is 293 g/mol. The van der Waals surface area contributed by atoms with Gasteiger partial charge in [0.2, 0.25) is 0 Å². The van der Waals surface area contributed by atoms with Crippen molar-refractivity contribution in [1.29, 1.82) is 0 Å². The highest BCUT2D eigenvalue weighted by Crippen LogP contribution is 2.27. The minimum absolute atomic E-state index is 0.179. The third-order valence-electron chi connectivity index (χ3n) is 4.54. The second-order valence-electron chi connectivity index (χ2n) is 5.94. The summed E-state index contributed by atoms with van der Waals surface area (Å²) in [5, 5.41) is 12.5. The van der Waals surface area contributed by atoms with E-state index in [4.69, 9.17) is 5.11 Å². The molecule has 1 aliphatic carbocycles. The molecular weight excluding hydrogens is 269 g/mol. The van der Waals surface area contributed by atoms with Crippen molar-refractivity contribution in [3.8, 4) is 0 Å². The Morgan fingerprint density at radius 3 is 2.67 bits per heavy atom. The molecule has 116 valence electrons. The van der Waals surface area contributed by atoms with Gasteiger partial charge in [-0.15, -0.1) is 0 Å². The number of hydrogen-bond donors (Lipinski definition) is 2. The number of aliphatic carboxylic acids is 1. The molecule has 1 fully saturated rings. The normalized spacial score (nSPS) is 23.1. The van der Waals surface area contributed by atoms with Crippen LogP contribution in [0.2, 0.25) is 0 Å². The van der Waals surface area contributed by atoms with Gasteiger partial charge in [0.15, 0.2) is 0 Å². The first-order chi connectivity index (χ1) is 10.1. The van der Waals surface area contributed by atoms with E-state index in [1.54, 1.807) is 0 Å². The number of hydrogen-bond acceptors (Lipinski definition) is 2. The van der Waals surface area contributed by atoms with Gasteiger partial charge in [-0.1, -0.05) is 19.1 Å². The van der Waals surface area contributed by atoms with Gasteiger partial charge >= 0.3 is 5.97 Å². The van der Waals surface area contributed by atoms with E-state index in [0.29, 0.717) is 12.0 Å². The summed E-state index contributed by atoms with van der Waals surface area (Å²) in [6, 6.07) is 7.08. The maximum absolute atomic E-state index is 13.0. The fourth-order valence-electron chi connectivity index (χ4n) is 3.19. The van der Waals surface area contributed by atoms with Crippen LogP contribution in [-0.4, -0.2) is 23.7 Å². The Kier molecular flexibility index (Phi) is 5.74. The van der Waals surface area contributed by atoms with Crippen LogP contribution in [0.25, 0.3) is 0 Å². The third-order valence-corrected chi connectivity index (χ3v) is 4.54. The van der Waals surface area contributed by atoms with E-state index in [2.05, 4.69) is 12.2 Å². The van der Waals surface area contributed by atoms with Crippen LogP contribution in [0.1, 0.15) is 50.5 Å². The Labute approximate surface area is 125 Å². The molecule has 4 heteroatoms. The molecule has 1 saturated carbocycles.